The molecule has 6 nitrogen and oxygen atoms in total. The Bertz CT molecular complexity index is 579. The SMILES string of the molecule is O=C(CN1CCN(C(=O)Nc2ccc(Cl)cc2)CC1)[C@@H]1CCCN1. The Balaban J connectivity index is 1.43. The Kier molecular flexibility index (Phi) is 5.71. The minimum Gasteiger partial charge on any atom is -0.322 e. The Morgan fingerprint density at radius 1 is 1.17 bits per heavy atom. The summed E-state index contributed by atoms with van der Waals surface area (Å²) in [6.07, 6.45) is 2.03. The van der Waals surface area contributed by atoms with Crippen LogP contribution in [0, 0.1) is 0 Å². The van der Waals surface area contributed by atoms with Gasteiger partial charge in [0.05, 0.1) is 12.6 Å². The van der Waals surface area contributed by atoms with E-state index in [0.29, 0.717) is 24.7 Å². The third-order valence-corrected chi connectivity index (χ3v) is 4.84. The van der Waals surface area contributed by atoms with Crippen molar-refractivity contribution >= 4 is 29.1 Å². The van der Waals surface area contributed by atoms with E-state index in [4.69, 9.17) is 11.6 Å². The number of halogens is 1. The fraction of sp³-hybridized carbons (Fsp3) is 0.529. The zero-order chi connectivity index (χ0) is 16.9. The number of amides is 2. The number of nitrogens with zero attached hydrogens (tertiary/aromatic N) is 2. The van der Waals surface area contributed by atoms with Crippen LogP contribution < -0.4 is 10.6 Å². The van der Waals surface area contributed by atoms with E-state index in [-0.39, 0.29) is 17.9 Å². The van der Waals surface area contributed by atoms with Crippen LogP contribution in [0.15, 0.2) is 24.3 Å². The predicted molar refractivity (Wildman–Crippen MR) is 94.5 cm³/mol. The van der Waals surface area contributed by atoms with E-state index in [9.17, 15) is 9.59 Å². The molecule has 2 saturated heterocycles. The molecule has 0 spiro atoms. The van der Waals surface area contributed by atoms with Crippen LogP contribution in [0.4, 0.5) is 10.5 Å². The van der Waals surface area contributed by atoms with Gasteiger partial charge in [-0.25, -0.2) is 4.79 Å². The number of hydrogen-bond donors (Lipinski definition) is 2. The summed E-state index contributed by atoms with van der Waals surface area (Å²) in [5, 5.41) is 6.76. The predicted octanol–water partition coefficient (Wildman–Crippen LogP) is 1.81. The maximum Gasteiger partial charge on any atom is 0.321 e. The van der Waals surface area contributed by atoms with Gasteiger partial charge >= 0.3 is 6.03 Å². The van der Waals surface area contributed by atoms with E-state index in [0.717, 1.165) is 38.2 Å². The van der Waals surface area contributed by atoms with Gasteiger partial charge in [-0.3, -0.25) is 9.69 Å². The van der Waals surface area contributed by atoms with Gasteiger partial charge in [0, 0.05) is 36.9 Å². The molecule has 3 rings (SSSR count). The van der Waals surface area contributed by atoms with Gasteiger partial charge in [0.25, 0.3) is 0 Å². The quantitative estimate of drug-likeness (QED) is 0.869. The van der Waals surface area contributed by atoms with Crippen molar-refractivity contribution in [3.8, 4) is 0 Å². The number of benzene rings is 1. The van der Waals surface area contributed by atoms with Gasteiger partial charge in [-0.1, -0.05) is 11.6 Å². The van der Waals surface area contributed by atoms with Crippen molar-refractivity contribution in [3.05, 3.63) is 29.3 Å². The summed E-state index contributed by atoms with van der Waals surface area (Å²) in [6, 6.07) is 6.97. The summed E-state index contributed by atoms with van der Waals surface area (Å²) in [5.74, 6) is 0.270. The number of anilines is 1. The zero-order valence-electron chi connectivity index (χ0n) is 13.6. The first kappa shape index (κ1) is 17.2. The van der Waals surface area contributed by atoms with Crippen LogP contribution in [0.3, 0.4) is 0 Å². The summed E-state index contributed by atoms with van der Waals surface area (Å²) in [6.45, 7) is 4.13. The number of Topliss-reactive ketones (excluding diaryl/α,β-unsaturated/α-hetero) is 1. The molecule has 24 heavy (non-hydrogen) atoms. The highest BCUT2D eigenvalue weighted by molar-refractivity contribution is 6.30. The van der Waals surface area contributed by atoms with E-state index < -0.39 is 0 Å². The Morgan fingerprint density at radius 3 is 2.50 bits per heavy atom. The van der Waals surface area contributed by atoms with Gasteiger partial charge in [0.2, 0.25) is 0 Å². The molecule has 2 aliphatic rings. The van der Waals surface area contributed by atoms with Crippen LogP contribution >= 0.6 is 11.6 Å². The molecule has 2 aliphatic heterocycles. The van der Waals surface area contributed by atoms with Gasteiger partial charge in [-0.15, -0.1) is 0 Å². The standard InChI is InChI=1S/C17H23ClN4O2/c18-13-3-5-14(6-4-13)20-17(24)22-10-8-21(9-11-22)12-16(23)15-2-1-7-19-15/h3-6,15,19H,1-2,7-12H2,(H,20,24)/t15-/m0/s1. The van der Waals surface area contributed by atoms with Crippen molar-refractivity contribution in [2.24, 2.45) is 0 Å². The molecule has 1 aromatic carbocycles. The maximum atomic E-state index is 12.3. The van der Waals surface area contributed by atoms with Crippen LogP contribution in [0.5, 0.6) is 0 Å². The Morgan fingerprint density at radius 2 is 1.88 bits per heavy atom. The molecule has 1 atom stereocenters. The molecule has 2 heterocycles. The van der Waals surface area contributed by atoms with Crippen molar-refractivity contribution in [2.75, 3.05) is 44.6 Å². The fourth-order valence-corrected chi connectivity index (χ4v) is 3.26. The van der Waals surface area contributed by atoms with Crippen molar-refractivity contribution in [3.63, 3.8) is 0 Å². The van der Waals surface area contributed by atoms with Crippen LogP contribution in [0.1, 0.15) is 12.8 Å². The lowest BCUT2D eigenvalue weighted by molar-refractivity contribution is -0.122. The molecule has 0 aliphatic carbocycles. The summed E-state index contributed by atoms with van der Waals surface area (Å²) in [7, 11) is 0. The molecule has 0 saturated carbocycles. The molecule has 7 heteroatoms. The minimum atomic E-state index is -0.110. The summed E-state index contributed by atoms with van der Waals surface area (Å²) < 4.78 is 0. The lowest BCUT2D eigenvalue weighted by Gasteiger charge is -2.34. The van der Waals surface area contributed by atoms with E-state index >= 15 is 0 Å². The average Bonchev–Trinajstić information content (AvgIpc) is 3.12. The smallest absolute Gasteiger partial charge is 0.321 e. The number of rotatable bonds is 4. The summed E-state index contributed by atoms with van der Waals surface area (Å²) in [4.78, 5) is 28.4. The maximum absolute atomic E-state index is 12.3. The topological polar surface area (TPSA) is 64.7 Å². The fourth-order valence-electron chi connectivity index (χ4n) is 3.13. The van der Waals surface area contributed by atoms with Crippen LogP contribution in [0.2, 0.25) is 5.02 Å². The number of nitrogens with one attached hydrogen (secondary N) is 2. The first-order valence-electron chi connectivity index (χ1n) is 8.42. The zero-order valence-corrected chi connectivity index (χ0v) is 14.4. The summed E-state index contributed by atoms with van der Waals surface area (Å²) >= 11 is 5.84. The monoisotopic (exact) mass is 350 g/mol. The van der Waals surface area contributed by atoms with Crippen molar-refractivity contribution in [1.29, 1.82) is 0 Å². The van der Waals surface area contributed by atoms with Crippen molar-refractivity contribution in [2.45, 2.75) is 18.9 Å². The molecule has 0 unspecified atom stereocenters. The van der Waals surface area contributed by atoms with Gasteiger partial charge in [0.1, 0.15) is 0 Å². The largest absolute Gasteiger partial charge is 0.322 e. The molecule has 0 radical (unpaired) electrons. The van der Waals surface area contributed by atoms with Gasteiger partial charge in [0.15, 0.2) is 5.78 Å². The lowest BCUT2D eigenvalue weighted by Crippen LogP contribution is -2.52. The third-order valence-electron chi connectivity index (χ3n) is 4.58. The molecular formula is C17H23ClN4O2. The van der Waals surface area contributed by atoms with Gasteiger partial charge < -0.3 is 15.5 Å². The molecule has 2 N–H and O–H groups in total. The third kappa shape index (κ3) is 4.47. The van der Waals surface area contributed by atoms with Crippen LogP contribution in [0.25, 0.3) is 0 Å². The number of hydrogen-bond acceptors (Lipinski definition) is 4. The Hall–Kier alpha value is -1.63. The normalized spacial score (nSPS) is 21.7. The van der Waals surface area contributed by atoms with Gasteiger partial charge in [-0.05, 0) is 43.7 Å². The molecule has 2 amide bonds. The second-order valence-corrected chi connectivity index (χ2v) is 6.75. The molecule has 1 aromatic rings. The van der Waals surface area contributed by atoms with E-state index in [2.05, 4.69) is 15.5 Å². The number of urea groups is 1. The highest BCUT2D eigenvalue weighted by atomic mass is 35.5. The first-order valence-corrected chi connectivity index (χ1v) is 8.79. The molecule has 0 aromatic heterocycles. The number of ketones is 1. The lowest BCUT2D eigenvalue weighted by atomic mass is 10.1. The molecule has 2 fully saturated rings. The molecular weight excluding hydrogens is 328 g/mol. The highest BCUT2D eigenvalue weighted by Gasteiger charge is 2.26. The highest BCUT2D eigenvalue weighted by Crippen LogP contribution is 2.14. The van der Waals surface area contributed by atoms with Crippen LogP contribution in [-0.4, -0.2) is 66.9 Å². The Labute approximate surface area is 147 Å². The van der Waals surface area contributed by atoms with E-state index in [1.54, 1.807) is 29.2 Å². The van der Waals surface area contributed by atoms with E-state index in [1.807, 2.05) is 0 Å². The number of carbonyl (C=O) groups is 2. The van der Waals surface area contributed by atoms with Crippen molar-refractivity contribution in [1.82, 2.24) is 15.1 Å². The number of piperazine rings is 1. The van der Waals surface area contributed by atoms with Crippen molar-refractivity contribution < 1.29 is 9.59 Å². The van der Waals surface area contributed by atoms with Gasteiger partial charge in [-0.2, -0.15) is 0 Å². The minimum absolute atomic E-state index is 0.0243. The second kappa shape index (κ2) is 7.96. The van der Waals surface area contributed by atoms with Crippen LogP contribution in [-0.2, 0) is 4.79 Å². The second-order valence-electron chi connectivity index (χ2n) is 6.32. The average molecular weight is 351 g/mol. The summed E-state index contributed by atoms with van der Waals surface area (Å²) in [5.41, 5.74) is 0.731. The van der Waals surface area contributed by atoms with E-state index in [1.165, 1.54) is 0 Å². The first-order chi connectivity index (χ1) is 11.6. The number of carbonyl (C=O) groups excluding carboxylic acids is 2. The molecule has 0 bridgehead atoms. The molecule has 130 valence electrons.